The van der Waals surface area contributed by atoms with Crippen LogP contribution in [0.4, 0.5) is 0 Å². The maximum absolute atomic E-state index is 3.54. The van der Waals surface area contributed by atoms with Crippen molar-refractivity contribution in [2.24, 2.45) is 5.41 Å². The van der Waals surface area contributed by atoms with Crippen LogP contribution >= 0.6 is 15.9 Å². The van der Waals surface area contributed by atoms with Gasteiger partial charge in [0.1, 0.15) is 0 Å². The predicted molar refractivity (Wildman–Crippen MR) is 62.3 cm³/mol. The Kier molecular flexibility index (Phi) is 3.98. The van der Waals surface area contributed by atoms with E-state index in [0.29, 0.717) is 5.41 Å². The second-order valence-corrected chi connectivity index (χ2v) is 4.84. The highest BCUT2D eigenvalue weighted by Gasteiger charge is 2.15. The van der Waals surface area contributed by atoms with Crippen molar-refractivity contribution in [3.8, 4) is 0 Å². The Labute approximate surface area is 89.5 Å². The Morgan fingerprint density at radius 2 is 1.77 bits per heavy atom. The van der Waals surface area contributed by atoms with E-state index in [1.807, 2.05) is 0 Å². The minimum absolute atomic E-state index is 0.413. The van der Waals surface area contributed by atoms with Crippen molar-refractivity contribution in [2.45, 2.75) is 26.7 Å². The van der Waals surface area contributed by atoms with Crippen LogP contribution < -0.4 is 0 Å². The summed E-state index contributed by atoms with van der Waals surface area (Å²) in [7, 11) is 0. The fraction of sp³-hybridized carbons (Fsp3) is 0.500. The SMILES string of the molecule is CC(C)(CBr)CCc1ccccc1. The topological polar surface area (TPSA) is 0 Å². The fourth-order valence-corrected chi connectivity index (χ4v) is 1.47. The van der Waals surface area contributed by atoms with E-state index in [4.69, 9.17) is 0 Å². The summed E-state index contributed by atoms with van der Waals surface area (Å²) >= 11 is 3.54. The molecule has 0 spiro atoms. The van der Waals surface area contributed by atoms with E-state index in [0.717, 1.165) is 5.33 Å². The van der Waals surface area contributed by atoms with E-state index in [9.17, 15) is 0 Å². The zero-order valence-electron chi connectivity index (χ0n) is 8.39. The first-order valence-corrected chi connectivity index (χ1v) is 5.86. The lowest BCUT2D eigenvalue weighted by Crippen LogP contribution is -2.13. The summed E-state index contributed by atoms with van der Waals surface area (Å²) in [6.07, 6.45) is 2.42. The van der Waals surface area contributed by atoms with Crippen molar-refractivity contribution in [2.75, 3.05) is 5.33 Å². The van der Waals surface area contributed by atoms with Crippen LogP contribution in [-0.4, -0.2) is 5.33 Å². The number of alkyl halides is 1. The van der Waals surface area contributed by atoms with Crippen LogP contribution in [0.25, 0.3) is 0 Å². The summed E-state index contributed by atoms with van der Waals surface area (Å²) in [6.45, 7) is 4.59. The van der Waals surface area contributed by atoms with Gasteiger partial charge >= 0.3 is 0 Å². The standard InChI is InChI=1S/C12H17Br/c1-12(2,10-13)9-8-11-6-4-3-5-7-11/h3-7H,8-10H2,1-2H3. The summed E-state index contributed by atoms with van der Waals surface area (Å²) in [5.74, 6) is 0. The van der Waals surface area contributed by atoms with E-state index in [1.54, 1.807) is 0 Å². The van der Waals surface area contributed by atoms with Crippen LogP contribution in [0.2, 0.25) is 0 Å². The lowest BCUT2D eigenvalue weighted by molar-refractivity contribution is 0.390. The van der Waals surface area contributed by atoms with Crippen LogP contribution in [0, 0.1) is 5.41 Å². The molecule has 0 heterocycles. The highest BCUT2D eigenvalue weighted by Crippen LogP contribution is 2.24. The van der Waals surface area contributed by atoms with E-state index >= 15 is 0 Å². The Morgan fingerprint density at radius 3 is 2.31 bits per heavy atom. The molecule has 1 aromatic rings. The highest BCUT2D eigenvalue weighted by atomic mass is 79.9. The first-order valence-electron chi connectivity index (χ1n) is 4.74. The second kappa shape index (κ2) is 4.80. The molecule has 1 aromatic carbocycles. The molecule has 1 heteroatoms. The first-order chi connectivity index (χ1) is 6.14. The molecule has 0 unspecified atom stereocenters. The van der Waals surface area contributed by atoms with E-state index < -0.39 is 0 Å². The molecule has 0 saturated carbocycles. The number of aryl methyl sites for hydroxylation is 1. The van der Waals surface area contributed by atoms with Crippen molar-refractivity contribution < 1.29 is 0 Å². The minimum Gasteiger partial charge on any atom is -0.0922 e. The maximum Gasteiger partial charge on any atom is 0.00828 e. The number of hydrogen-bond acceptors (Lipinski definition) is 0. The molecule has 0 saturated heterocycles. The average molecular weight is 241 g/mol. The van der Waals surface area contributed by atoms with Gasteiger partial charge in [-0.1, -0.05) is 60.1 Å². The summed E-state index contributed by atoms with van der Waals surface area (Å²) in [5.41, 5.74) is 1.85. The van der Waals surface area contributed by atoms with Crippen molar-refractivity contribution >= 4 is 15.9 Å². The fourth-order valence-electron chi connectivity index (χ4n) is 1.19. The average Bonchev–Trinajstić information content (AvgIpc) is 2.17. The van der Waals surface area contributed by atoms with Crippen LogP contribution in [0.15, 0.2) is 30.3 Å². The van der Waals surface area contributed by atoms with Gasteiger partial charge in [-0.05, 0) is 23.8 Å². The first kappa shape index (κ1) is 10.8. The van der Waals surface area contributed by atoms with Crippen LogP contribution in [-0.2, 0) is 6.42 Å². The Balaban J connectivity index is 2.44. The van der Waals surface area contributed by atoms with Gasteiger partial charge < -0.3 is 0 Å². The van der Waals surface area contributed by atoms with E-state index in [1.165, 1.54) is 18.4 Å². The largest absolute Gasteiger partial charge is 0.0922 e. The molecule has 0 nitrogen and oxygen atoms in total. The quantitative estimate of drug-likeness (QED) is 0.698. The normalized spacial score (nSPS) is 11.6. The Bertz CT molecular complexity index is 239. The zero-order chi connectivity index (χ0) is 9.73. The van der Waals surface area contributed by atoms with Crippen molar-refractivity contribution in [3.05, 3.63) is 35.9 Å². The van der Waals surface area contributed by atoms with Crippen LogP contribution in [0.1, 0.15) is 25.8 Å². The van der Waals surface area contributed by atoms with Gasteiger partial charge in [0.25, 0.3) is 0 Å². The van der Waals surface area contributed by atoms with Gasteiger partial charge in [0.15, 0.2) is 0 Å². The molecule has 0 N–H and O–H groups in total. The summed E-state index contributed by atoms with van der Waals surface area (Å²) in [4.78, 5) is 0. The number of benzene rings is 1. The number of hydrogen-bond donors (Lipinski definition) is 0. The van der Waals surface area contributed by atoms with Crippen LogP contribution in [0.5, 0.6) is 0 Å². The molecule has 0 bridgehead atoms. The molecule has 1 rings (SSSR count). The van der Waals surface area contributed by atoms with Gasteiger partial charge in [-0.15, -0.1) is 0 Å². The molecule has 0 amide bonds. The monoisotopic (exact) mass is 240 g/mol. The summed E-state index contributed by atoms with van der Waals surface area (Å²) in [5, 5.41) is 1.08. The van der Waals surface area contributed by atoms with Gasteiger partial charge in [0, 0.05) is 5.33 Å². The zero-order valence-corrected chi connectivity index (χ0v) is 9.97. The third kappa shape index (κ3) is 3.95. The van der Waals surface area contributed by atoms with Crippen molar-refractivity contribution in [1.82, 2.24) is 0 Å². The van der Waals surface area contributed by atoms with E-state index in [-0.39, 0.29) is 0 Å². The minimum atomic E-state index is 0.413. The van der Waals surface area contributed by atoms with Crippen LogP contribution in [0.3, 0.4) is 0 Å². The molecular weight excluding hydrogens is 224 g/mol. The molecule has 0 aliphatic heterocycles. The molecule has 13 heavy (non-hydrogen) atoms. The van der Waals surface area contributed by atoms with Gasteiger partial charge in [0.2, 0.25) is 0 Å². The number of halogens is 1. The highest BCUT2D eigenvalue weighted by molar-refractivity contribution is 9.09. The Hall–Kier alpha value is -0.300. The lowest BCUT2D eigenvalue weighted by Gasteiger charge is -2.21. The second-order valence-electron chi connectivity index (χ2n) is 4.28. The van der Waals surface area contributed by atoms with Gasteiger partial charge in [0.05, 0.1) is 0 Å². The maximum atomic E-state index is 3.54. The summed E-state index contributed by atoms with van der Waals surface area (Å²) in [6, 6.07) is 10.7. The van der Waals surface area contributed by atoms with E-state index in [2.05, 4.69) is 60.1 Å². The molecular formula is C12H17Br. The number of rotatable bonds is 4. The van der Waals surface area contributed by atoms with Gasteiger partial charge in [-0.2, -0.15) is 0 Å². The molecule has 0 aliphatic carbocycles. The molecule has 0 fully saturated rings. The van der Waals surface area contributed by atoms with Crippen molar-refractivity contribution in [3.63, 3.8) is 0 Å². The van der Waals surface area contributed by atoms with Gasteiger partial charge in [-0.25, -0.2) is 0 Å². The predicted octanol–water partition coefficient (Wildman–Crippen LogP) is 4.04. The summed E-state index contributed by atoms with van der Waals surface area (Å²) < 4.78 is 0. The molecule has 0 aliphatic rings. The molecule has 0 radical (unpaired) electrons. The third-order valence-electron chi connectivity index (χ3n) is 2.30. The smallest absolute Gasteiger partial charge is 0.00828 e. The molecule has 72 valence electrons. The lowest BCUT2D eigenvalue weighted by atomic mass is 9.89. The van der Waals surface area contributed by atoms with Crippen molar-refractivity contribution in [1.29, 1.82) is 0 Å². The van der Waals surface area contributed by atoms with Gasteiger partial charge in [-0.3, -0.25) is 0 Å². The Morgan fingerprint density at radius 1 is 1.15 bits per heavy atom. The molecule has 0 atom stereocenters. The third-order valence-corrected chi connectivity index (χ3v) is 3.81. The molecule has 0 aromatic heterocycles.